The molecule has 0 aliphatic rings. The molecular weight excluding hydrogens is 420 g/mol. The zero-order chi connectivity index (χ0) is 22.7. The molecule has 0 unspecified atom stereocenters. The van der Waals surface area contributed by atoms with Crippen LogP contribution in [0.1, 0.15) is 12.8 Å². The van der Waals surface area contributed by atoms with Gasteiger partial charge in [-0.15, -0.1) is 0 Å². The number of carbonyl (C=O) groups excluding carboxylic acids is 2. The topological polar surface area (TPSA) is 239 Å². The lowest BCUT2D eigenvalue weighted by Gasteiger charge is -2.16. The number of rotatable bonds is 9. The van der Waals surface area contributed by atoms with E-state index in [1.807, 2.05) is 0 Å². The number of anilines is 1. The predicted octanol–water partition coefficient (Wildman–Crippen LogP) is -2.27. The molecule has 30 heavy (non-hydrogen) atoms. The number of amides is 2. The van der Waals surface area contributed by atoms with Crippen molar-refractivity contribution in [3.63, 3.8) is 0 Å². The highest BCUT2D eigenvalue weighted by atomic mass is 32.1. The summed E-state index contributed by atoms with van der Waals surface area (Å²) in [5.41, 5.74) is 12.0. The van der Waals surface area contributed by atoms with Crippen LogP contribution >= 0.6 is 12.6 Å². The first kappa shape index (κ1) is 24.6. The standard InChI is InChI=1S/C10H17N3O6S.C5H5N5/c11-5(10(18)19)1-2-7(14)13-6(4-20)9(17)12-3-8(15)16;6-4-3-5(9-1-7-3)10-2-8-4/h5-6,20H,1-4,11H2,(H,12,17)(H,13,14)(H,15,16)(H,18,19);1-2H,(H3,6,7,8,9,10)/t5-,6-;/m0./s1. The van der Waals surface area contributed by atoms with Gasteiger partial charge < -0.3 is 37.3 Å². The number of thiol groups is 1. The molecule has 0 saturated carbocycles. The van der Waals surface area contributed by atoms with Gasteiger partial charge in [-0.25, -0.2) is 15.0 Å². The minimum absolute atomic E-state index is 0.0256. The first-order valence-corrected chi connectivity index (χ1v) is 9.06. The van der Waals surface area contributed by atoms with Gasteiger partial charge in [0.05, 0.1) is 6.33 Å². The fourth-order valence-corrected chi connectivity index (χ4v) is 2.20. The summed E-state index contributed by atoms with van der Waals surface area (Å²) in [5.74, 6) is -3.27. The van der Waals surface area contributed by atoms with Crippen molar-refractivity contribution in [2.75, 3.05) is 18.0 Å². The first-order chi connectivity index (χ1) is 14.1. The molecule has 14 nitrogen and oxygen atoms in total. The van der Waals surface area contributed by atoms with Gasteiger partial charge in [0.15, 0.2) is 11.5 Å². The number of hydrogen-bond donors (Lipinski definition) is 8. The number of nitrogens with two attached hydrogens (primary N) is 2. The highest BCUT2D eigenvalue weighted by molar-refractivity contribution is 7.80. The third kappa shape index (κ3) is 8.27. The van der Waals surface area contributed by atoms with Crippen LogP contribution in [0.5, 0.6) is 0 Å². The number of nitrogens with one attached hydrogen (secondary N) is 3. The Labute approximate surface area is 175 Å². The fraction of sp³-hybridized carbons (Fsp3) is 0.400. The lowest BCUT2D eigenvalue weighted by Crippen LogP contribution is -2.49. The average Bonchev–Trinajstić information content (AvgIpc) is 3.19. The summed E-state index contributed by atoms with van der Waals surface area (Å²) in [6.07, 6.45) is 2.69. The summed E-state index contributed by atoms with van der Waals surface area (Å²) in [4.78, 5) is 58.1. The molecule has 164 valence electrons. The number of H-pyrrole nitrogens is 1. The van der Waals surface area contributed by atoms with Crippen LogP contribution in [0.4, 0.5) is 5.82 Å². The monoisotopic (exact) mass is 442 g/mol. The molecule has 0 fully saturated rings. The van der Waals surface area contributed by atoms with Crippen molar-refractivity contribution in [3.05, 3.63) is 12.7 Å². The molecule has 2 rings (SSSR count). The van der Waals surface area contributed by atoms with E-state index in [0.717, 1.165) is 0 Å². The van der Waals surface area contributed by atoms with E-state index < -0.39 is 42.4 Å². The van der Waals surface area contributed by atoms with E-state index in [-0.39, 0.29) is 18.6 Å². The number of carboxylic acids is 2. The summed E-state index contributed by atoms with van der Waals surface area (Å²) < 4.78 is 0. The maximum absolute atomic E-state index is 11.5. The van der Waals surface area contributed by atoms with Crippen LogP contribution in [0, 0.1) is 0 Å². The normalized spacial score (nSPS) is 12.2. The van der Waals surface area contributed by atoms with Gasteiger partial charge in [-0.3, -0.25) is 19.2 Å². The molecule has 0 aliphatic heterocycles. The van der Waals surface area contributed by atoms with Crippen LogP contribution in [-0.2, 0) is 19.2 Å². The largest absolute Gasteiger partial charge is 0.480 e. The highest BCUT2D eigenvalue weighted by Gasteiger charge is 2.20. The van der Waals surface area contributed by atoms with Gasteiger partial charge >= 0.3 is 11.9 Å². The second-order valence-electron chi connectivity index (χ2n) is 5.76. The predicted molar refractivity (Wildman–Crippen MR) is 107 cm³/mol. The summed E-state index contributed by atoms with van der Waals surface area (Å²) in [6, 6.07) is -2.15. The molecule has 0 bridgehead atoms. The maximum Gasteiger partial charge on any atom is 0.322 e. The SMILES string of the molecule is N[C@@H](CCC(=O)N[C@@H](CS)C(=O)NCC(=O)O)C(=O)O.Nc1ncnc2nc[nH]c12. The van der Waals surface area contributed by atoms with Crippen molar-refractivity contribution >= 4 is 53.4 Å². The van der Waals surface area contributed by atoms with Crippen molar-refractivity contribution in [1.82, 2.24) is 30.6 Å². The molecule has 2 aromatic heterocycles. The molecule has 2 amide bonds. The minimum atomic E-state index is -1.22. The molecule has 9 N–H and O–H groups in total. The summed E-state index contributed by atoms with van der Waals surface area (Å²) in [5, 5.41) is 21.4. The number of nitrogen functional groups attached to an aromatic ring is 1. The number of carboxylic acid groups (broad SMARTS) is 2. The Morgan fingerprint density at radius 1 is 1.20 bits per heavy atom. The summed E-state index contributed by atoms with van der Waals surface area (Å²) in [7, 11) is 0. The second kappa shape index (κ2) is 12.2. The quantitative estimate of drug-likeness (QED) is 0.192. The molecule has 15 heteroatoms. The molecule has 0 saturated heterocycles. The Morgan fingerprint density at radius 2 is 1.90 bits per heavy atom. The zero-order valence-electron chi connectivity index (χ0n) is 15.6. The Kier molecular flexibility index (Phi) is 9.98. The number of nitrogens with zero attached hydrogens (tertiary/aromatic N) is 3. The van der Waals surface area contributed by atoms with E-state index in [2.05, 4.69) is 43.2 Å². The third-order valence-electron chi connectivity index (χ3n) is 3.50. The number of imidazole rings is 1. The van der Waals surface area contributed by atoms with E-state index in [9.17, 15) is 19.2 Å². The molecule has 2 aromatic rings. The first-order valence-electron chi connectivity index (χ1n) is 8.43. The van der Waals surface area contributed by atoms with Gasteiger partial charge in [-0.05, 0) is 6.42 Å². The van der Waals surface area contributed by atoms with Crippen molar-refractivity contribution in [2.24, 2.45) is 5.73 Å². The van der Waals surface area contributed by atoms with Crippen LogP contribution in [0.3, 0.4) is 0 Å². The average molecular weight is 442 g/mol. The lowest BCUT2D eigenvalue weighted by atomic mass is 10.1. The molecule has 0 aromatic carbocycles. The van der Waals surface area contributed by atoms with Gasteiger partial charge in [-0.2, -0.15) is 12.6 Å². The van der Waals surface area contributed by atoms with Crippen LogP contribution in [0.25, 0.3) is 11.2 Å². The van der Waals surface area contributed by atoms with Crippen LogP contribution in [0.15, 0.2) is 12.7 Å². The molecule has 2 heterocycles. The van der Waals surface area contributed by atoms with Gasteiger partial charge in [0, 0.05) is 12.2 Å². The number of aromatic nitrogens is 4. The number of fused-ring (bicyclic) bond motifs is 1. The number of aromatic amines is 1. The Hall–Kier alpha value is -3.46. The van der Waals surface area contributed by atoms with Gasteiger partial charge in [0.2, 0.25) is 11.8 Å². The van der Waals surface area contributed by atoms with E-state index in [0.29, 0.717) is 17.0 Å². The van der Waals surface area contributed by atoms with E-state index in [1.54, 1.807) is 0 Å². The molecular formula is C15H22N8O6S. The highest BCUT2D eigenvalue weighted by Crippen LogP contribution is 2.09. The third-order valence-corrected chi connectivity index (χ3v) is 3.87. The van der Waals surface area contributed by atoms with Crippen molar-refractivity contribution in [1.29, 1.82) is 0 Å². The van der Waals surface area contributed by atoms with E-state index >= 15 is 0 Å². The van der Waals surface area contributed by atoms with E-state index in [4.69, 9.17) is 21.7 Å². The van der Waals surface area contributed by atoms with Gasteiger partial charge in [0.25, 0.3) is 0 Å². The number of carbonyl (C=O) groups is 4. The fourth-order valence-electron chi connectivity index (χ4n) is 1.94. The molecule has 0 spiro atoms. The smallest absolute Gasteiger partial charge is 0.322 e. The number of hydrogen-bond acceptors (Lipinski definition) is 10. The maximum atomic E-state index is 11.5. The molecule has 2 atom stereocenters. The number of aliphatic carboxylic acids is 2. The second-order valence-corrected chi connectivity index (χ2v) is 6.12. The molecule has 0 aliphatic carbocycles. The van der Waals surface area contributed by atoms with Crippen LogP contribution in [0.2, 0.25) is 0 Å². The summed E-state index contributed by atoms with van der Waals surface area (Å²) in [6.45, 7) is -0.567. The van der Waals surface area contributed by atoms with Gasteiger partial charge in [-0.1, -0.05) is 0 Å². The van der Waals surface area contributed by atoms with Crippen molar-refractivity contribution in [2.45, 2.75) is 24.9 Å². The van der Waals surface area contributed by atoms with Crippen LogP contribution < -0.4 is 22.1 Å². The van der Waals surface area contributed by atoms with E-state index in [1.165, 1.54) is 12.7 Å². The van der Waals surface area contributed by atoms with Crippen LogP contribution in [-0.4, -0.2) is 78.3 Å². The Bertz CT molecular complexity index is 891. The zero-order valence-corrected chi connectivity index (χ0v) is 16.5. The van der Waals surface area contributed by atoms with Gasteiger partial charge in [0.1, 0.15) is 30.5 Å². The Morgan fingerprint density at radius 3 is 2.47 bits per heavy atom. The van der Waals surface area contributed by atoms with Crippen molar-refractivity contribution < 1.29 is 29.4 Å². The molecule has 0 radical (unpaired) electrons. The lowest BCUT2D eigenvalue weighted by molar-refractivity contribution is -0.139. The summed E-state index contributed by atoms with van der Waals surface area (Å²) >= 11 is 3.87. The Balaban J connectivity index is 0.000000367. The van der Waals surface area contributed by atoms with Crippen molar-refractivity contribution in [3.8, 4) is 0 Å². The minimum Gasteiger partial charge on any atom is -0.480 e.